The number of nitrogens with one attached hydrogen (secondary N) is 1. The van der Waals surface area contributed by atoms with E-state index in [1.807, 2.05) is 6.07 Å². The zero-order valence-electron chi connectivity index (χ0n) is 16.2. The van der Waals surface area contributed by atoms with Crippen molar-refractivity contribution in [3.63, 3.8) is 0 Å². The molecule has 8 heteroatoms. The highest BCUT2D eigenvalue weighted by atomic mass is 32.2. The highest BCUT2D eigenvalue weighted by molar-refractivity contribution is 7.89. The number of ether oxygens (including phenoxy) is 1. The minimum atomic E-state index is -3.63. The standard InChI is InChI=1S/C20H29N3O4S/c24-20(21-16-5-1-2-6-16)18-15-17(7-8-19(18)22-9-3-4-10-22)28(25,26)23-11-13-27-14-12-23/h7-8,15-16H,1-6,9-14H2,(H,21,24). The van der Waals surface area contributed by atoms with Crippen molar-refractivity contribution in [2.75, 3.05) is 44.3 Å². The van der Waals surface area contributed by atoms with Gasteiger partial charge in [0.05, 0.1) is 23.7 Å². The fraction of sp³-hybridized carbons (Fsp3) is 0.650. The van der Waals surface area contributed by atoms with Crippen molar-refractivity contribution in [2.45, 2.75) is 49.5 Å². The molecular formula is C20H29N3O4S. The summed E-state index contributed by atoms with van der Waals surface area (Å²) in [6, 6.07) is 5.22. The van der Waals surface area contributed by atoms with E-state index >= 15 is 0 Å². The molecule has 0 bridgehead atoms. The molecule has 0 radical (unpaired) electrons. The maximum absolute atomic E-state index is 13.1. The van der Waals surface area contributed by atoms with Gasteiger partial charge in [-0.3, -0.25) is 4.79 Å². The number of benzene rings is 1. The minimum Gasteiger partial charge on any atom is -0.379 e. The molecule has 1 aliphatic carbocycles. The predicted molar refractivity (Wildman–Crippen MR) is 107 cm³/mol. The Morgan fingerprint density at radius 3 is 2.36 bits per heavy atom. The summed E-state index contributed by atoms with van der Waals surface area (Å²) in [6.07, 6.45) is 6.45. The smallest absolute Gasteiger partial charge is 0.253 e. The van der Waals surface area contributed by atoms with E-state index in [-0.39, 0.29) is 16.8 Å². The molecule has 154 valence electrons. The van der Waals surface area contributed by atoms with Crippen LogP contribution in [0.15, 0.2) is 23.1 Å². The molecule has 2 saturated heterocycles. The third-order valence-corrected chi connectivity index (χ3v) is 7.85. The molecule has 1 saturated carbocycles. The molecular weight excluding hydrogens is 378 g/mol. The number of rotatable bonds is 5. The highest BCUT2D eigenvalue weighted by Crippen LogP contribution is 2.29. The van der Waals surface area contributed by atoms with Gasteiger partial charge in [0.15, 0.2) is 0 Å². The second-order valence-corrected chi connectivity index (χ2v) is 9.78. The fourth-order valence-electron chi connectivity index (χ4n) is 4.36. The third-order valence-electron chi connectivity index (χ3n) is 5.96. The van der Waals surface area contributed by atoms with Crippen LogP contribution in [0, 0.1) is 0 Å². The van der Waals surface area contributed by atoms with Gasteiger partial charge in [-0.1, -0.05) is 12.8 Å². The van der Waals surface area contributed by atoms with Crippen LogP contribution in [-0.4, -0.2) is 64.1 Å². The summed E-state index contributed by atoms with van der Waals surface area (Å²) in [5.74, 6) is -0.159. The first kappa shape index (κ1) is 19.7. The largest absolute Gasteiger partial charge is 0.379 e. The predicted octanol–water partition coefficient (Wildman–Crippen LogP) is 1.98. The highest BCUT2D eigenvalue weighted by Gasteiger charge is 2.29. The zero-order chi connectivity index (χ0) is 19.6. The molecule has 1 aromatic carbocycles. The van der Waals surface area contributed by atoms with Crippen LogP contribution < -0.4 is 10.2 Å². The minimum absolute atomic E-state index is 0.159. The monoisotopic (exact) mass is 407 g/mol. The number of hydrogen-bond acceptors (Lipinski definition) is 5. The van der Waals surface area contributed by atoms with Crippen molar-refractivity contribution in [3.8, 4) is 0 Å². The van der Waals surface area contributed by atoms with Crippen LogP contribution in [0.4, 0.5) is 5.69 Å². The van der Waals surface area contributed by atoms with E-state index in [2.05, 4.69) is 10.2 Å². The number of sulfonamides is 1. The maximum Gasteiger partial charge on any atom is 0.253 e. The molecule has 28 heavy (non-hydrogen) atoms. The van der Waals surface area contributed by atoms with E-state index in [4.69, 9.17) is 4.74 Å². The first-order valence-corrected chi connectivity index (χ1v) is 11.8. The SMILES string of the molecule is O=C(NC1CCCC1)c1cc(S(=O)(=O)N2CCOCC2)ccc1N1CCCC1. The Labute approximate surface area is 167 Å². The average molecular weight is 408 g/mol. The molecule has 3 fully saturated rings. The van der Waals surface area contributed by atoms with Gasteiger partial charge in [0.25, 0.3) is 5.91 Å². The van der Waals surface area contributed by atoms with E-state index in [0.29, 0.717) is 31.9 Å². The molecule has 4 rings (SSSR count). The first-order chi connectivity index (χ1) is 13.6. The van der Waals surface area contributed by atoms with E-state index in [1.165, 1.54) is 4.31 Å². The van der Waals surface area contributed by atoms with E-state index in [1.54, 1.807) is 12.1 Å². The van der Waals surface area contributed by atoms with Gasteiger partial charge in [-0.15, -0.1) is 0 Å². The summed E-state index contributed by atoms with van der Waals surface area (Å²) in [7, 11) is -3.63. The Morgan fingerprint density at radius 1 is 1.00 bits per heavy atom. The lowest BCUT2D eigenvalue weighted by atomic mass is 10.1. The van der Waals surface area contributed by atoms with Crippen molar-refractivity contribution in [2.24, 2.45) is 0 Å². The number of carbonyl (C=O) groups is 1. The van der Waals surface area contributed by atoms with Crippen molar-refractivity contribution in [1.29, 1.82) is 0 Å². The third kappa shape index (κ3) is 4.04. The Morgan fingerprint density at radius 2 is 1.68 bits per heavy atom. The molecule has 0 aromatic heterocycles. The van der Waals surface area contributed by atoms with Crippen LogP contribution in [-0.2, 0) is 14.8 Å². The summed E-state index contributed by atoms with van der Waals surface area (Å²) in [6.45, 7) is 3.30. The van der Waals surface area contributed by atoms with Gasteiger partial charge in [-0.05, 0) is 43.9 Å². The molecule has 2 heterocycles. The Balaban J connectivity index is 1.65. The van der Waals surface area contributed by atoms with Gasteiger partial charge in [0, 0.05) is 37.9 Å². The fourth-order valence-corrected chi connectivity index (χ4v) is 5.80. The lowest BCUT2D eigenvalue weighted by Crippen LogP contribution is -2.40. The molecule has 1 amide bonds. The molecule has 0 spiro atoms. The van der Waals surface area contributed by atoms with Crippen molar-refractivity contribution < 1.29 is 17.9 Å². The number of anilines is 1. The average Bonchev–Trinajstić information content (AvgIpc) is 3.42. The quantitative estimate of drug-likeness (QED) is 0.807. The molecule has 0 unspecified atom stereocenters. The molecule has 7 nitrogen and oxygen atoms in total. The second kappa shape index (κ2) is 8.39. The van der Waals surface area contributed by atoms with Crippen LogP contribution in [0.25, 0.3) is 0 Å². The first-order valence-electron chi connectivity index (χ1n) is 10.3. The van der Waals surface area contributed by atoms with E-state index in [9.17, 15) is 13.2 Å². The van der Waals surface area contributed by atoms with E-state index in [0.717, 1.165) is 57.3 Å². The zero-order valence-corrected chi connectivity index (χ0v) is 17.0. The lowest BCUT2D eigenvalue weighted by Gasteiger charge is -2.27. The lowest BCUT2D eigenvalue weighted by molar-refractivity contribution is 0.0730. The Bertz CT molecular complexity index is 809. The molecule has 2 aliphatic heterocycles. The van der Waals surface area contributed by atoms with Gasteiger partial charge in [-0.25, -0.2) is 8.42 Å². The van der Waals surface area contributed by atoms with Crippen molar-refractivity contribution in [3.05, 3.63) is 23.8 Å². The number of carbonyl (C=O) groups excluding carboxylic acids is 1. The summed E-state index contributed by atoms with van der Waals surface area (Å²) in [4.78, 5) is 15.4. The number of hydrogen-bond donors (Lipinski definition) is 1. The van der Waals surface area contributed by atoms with Crippen molar-refractivity contribution >= 4 is 21.6 Å². The van der Waals surface area contributed by atoms with Gasteiger partial charge >= 0.3 is 0 Å². The Hall–Kier alpha value is -1.64. The summed E-state index contributed by atoms with van der Waals surface area (Å²) >= 11 is 0. The number of morpholine rings is 1. The van der Waals surface area contributed by atoms with Crippen LogP contribution >= 0.6 is 0 Å². The van der Waals surface area contributed by atoms with Gasteiger partial charge in [0.1, 0.15) is 0 Å². The molecule has 0 atom stereocenters. The molecule has 1 N–H and O–H groups in total. The summed E-state index contributed by atoms with van der Waals surface area (Å²) in [5, 5.41) is 3.12. The van der Waals surface area contributed by atoms with Gasteiger partial charge in [0.2, 0.25) is 10.0 Å². The molecule has 3 aliphatic rings. The Kier molecular flexibility index (Phi) is 5.89. The van der Waals surface area contributed by atoms with Crippen LogP contribution in [0.2, 0.25) is 0 Å². The normalized spacial score (nSPS) is 21.9. The van der Waals surface area contributed by atoms with E-state index < -0.39 is 10.0 Å². The number of amides is 1. The maximum atomic E-state index is 13.1. The summed E-state index contributed by atoms with van der Waals surface area (Å²) in [5.41, 5.74) is 1.32. The molecule has 1 aromatic rings. The second-order valence-electron chi connectivity index (χ2n) is 7.84. The number of nitrogens with zero attached hydrogens (tertiary/aromatic N) is 2. The van der Waals surface area contributed by atoms with Gasteiger partial charge < -0.3 is 15.0 Å². The van der Waals surface area contributed by atoms with Crippen LogP contribution in [0.1, 0.15) is 48.9 Å². The van der Waals surface area contributed by atoms with Crippen LogP contribution in [0.3, 0.4) is 0 Å². The topological polar surface area (TPSA) is 79.0 Å². The summed E-state index contributed by atoms with van der Waals surface area (Å²) < 4.78 is 32.8. The van der Waals surface area contributed by atoms with Crippen molar-refractivity contribution in [1.82, 2.24) is 9.62 Å². The van der Waals surface area contributed by atoms with Gasteiger partial charge in [-0.2, -0.15) is 4.31 Å². The van der Waals surface area contributed by atoms with Crippen LogP contribution in [0.5, 0.6) is 0 Å².